The number of rotatable bonds is 1. The highest BCUT2D eigenvalue weighted by Gasteiger charge is 2.41. The zero-order valence-electron chi connectivity index (χ0n) is 11.0. The maximum Gasteiger partial charge on any atom is 0.416 e. The Kier molecular flexibility index (Phi) is 3.34. The van der Waals surface area contributed by atoms with E-state index < -0.39 is 17.8 Å². The van der Waals surface area contributed by atoms with Gasteiger partial charge in [0.1, 0.15) is 11.8 Å². The van der Waals surface area contributed by atoms with Crippen molar-refractivity contribution >= 4 is 6.08 Å². The maximum atomic E-state index is 13.0. The number of quaternary nitrogens is 1. The number of alkyl halides is 3. The smallest absolute Gasteiger partial charge is 0.383 e. The summed E-state index contributed by atoms with van der Waals surface area (Å²) in [4.78, 5) is 1.12. The zero-order valence-corrected chi connectivity index (χ0v) is 11.0. The molecule has 3 heterocycles. The number of fused-ring (bicyclic) bond motifs is 3. The fourth-order valence-corrected chi connectivity index (χ4v) is 3.29. The van der Waals surface area contributed by atoms with E-state index in [0.717, 1.165) is 36.9 Å². The van der Waals surface area contributed by atoms with E-state index in [4.69, 9.17) is 0 Å². The summed E-state index contributed by atoms with van der Waals surface area (Å²) in [6.07, 6.45) is -1.52. The van der Waals surface area contributed by atoms with E-state index in [1.165, 1.54) is 18.2 Å². The van der Waals surface area contributed by atoms with Gasteiger partial charge in [0.15, 0.2) is 0 Å². The molecule has 3 aliphatic heterocycles. The molecule has 1 aromatic carbocycles. The van der Waals surface area contributed by atoms with Crippen molar-refractivity contribution < 1.29 is 23.2 Å². The quantitative estimate of drug-likeness (QED) is 0.806. The molecule has 20 heavy (non-hydrogen) atoms. The first-order valence-corrected chi connectivity index (χ1v) is 6.88. The molecule has 1 aromatic rings. The molecular weight excluding hydrogens is 267 g/mol. The highest BCUT2D eigenvalue weighted by atomic mass is 19.4. The molecule has 0 spiro atoms. The van der Waals surface area contributed by atoms with Crippen molar-refractivity contribution in [2.24, 2.45) is 5.92 Å². The van der Waals surface area contributed by atoms with Crippen LogP contribution < -0.4 is 4.90 Å². The molecule has 1 atom stereocenters. The van der Waals surface area contributed by atoms with Gasteiger partial charge in [0, 0.05) is 24.8 Å². The van der Waals surface area contributed by atoms with Crippen molar-refractivity contribution in [3.05, 3.63) is 41.1 Å². The Hall–Kier alpha value is -1.33. The third-order valence-electron chi connectivity index (χ3n) is 4.38. The Bertz CT molecular complexity index is 526. The van der Waals surface area contributed by atoms with Crippen molar-refractivity contribution in [2.45, 2.75) is 25.1 Å². The summed E-state index contributed by atoms with van der Waals surface area (Å²) in [5.41, 5.74) is 0.222. The minimum atomic E-state index is -4.36. The van der Waals surface area contributed by atoms with Crippen molar-refractivity contribution in [2.75, 3.05) is 13.1 Å². The van der Waals surface area contributed by atoms with E-state index in [0.29, 0.717) is 5.70 Å². The van der Waals surface area contributed by atoms with Gasteiger partial charge in [-0.25, -0.2) is 0 Å². The fourth-order valence-electron chi connectivity index (χ4n) is 3.29. The van der Waals surface area contributed by atoms with Gasteiger partial charge in [0.2, 0.25) is 0 Å². The molecule has 0 aliphatic carbocycles. The normalized spacial score (nSPS) is 31.8. The summed E-state index contributed by atoms with van der Waals surface area (Å²) >= 11 is 0. The molecule has 4 rings (SSSR count). The second-order valence-corrected chi connectivity index (χ2v) is 5.57. The van der Waals surface area contributed by atoms with Crippen LogP contribution in [0.4, 0.5) is 13.2 Å². The van der Waals surface area contributed by atoms with Crippen LogP contribution in [0.5, 0.6) is 0 Å². The molecule has 0 unspecified atom stereocenters. The largest absolute Gasteiger partial charge is 0.416 e. The lowest BCUT2D eigenvalue weighted by Gasteiger charge is -2.41. The predicted octanol–water partition coefficient (Wildman–Crippen LogP) is 1.72. The molecule has 108 valence electrons. The number of nitrogens with one attached hydrogen (secondary N) is 1. The first kappa shape index (κ1) is 13.6. The summed E-state index contributed by atoms with van der Waals surface area (Å²) in [6, 6.07) is 5.54. The van der Waals surface area contributed by atoms with Gasteiger partial charge >= 0.3 is 6.18 Å². The molecule has 2 bridgehead atoms. The van der Waals surface area contributed by atoms with Crippen LogP contribution in [0.2, 0.25) is 0 Å². The highest BCUT2D eigenvalue weighted by Crippen LogP contribution is 2.33. The third kappa shape index (κ3) is 2.36. The number of aliphatic hydroxyl groups is 1. The molecule has 3 aliphatic rings. The zero-order chi connectivity index (χ0) is 14.3. The average Bonchev–Trinajstić information content (AvgIpc) is 2.43. The van der Waals surface area contributed by atoms with Gasteiger partial charge in [-0.05, 0) is 11.6 Å². The van der Waals surface area contributed by atoms with Gasteiger partial charge in [0.25, 0.3) is 0 Å². The molecule has 0 aromatic heterocycles. The topological polar surface area (TPSA) is 24.7 Å². The van der Waals surface area contributed by atoms with Gasteiger partial charge in [-0.15, -0.1) is 0 Å². The average molecular weight is 284 g/mol. The van der Waals surface area contributed by atoms with Crippen LogP contribution in [-0.4, -0.2) is 24.3 Å². The van der Waals surface area contributed by atoms with E-state index in [1.807, 2.05) is 0 Å². The van der Waals surface area contributed by atoms with E-state index >= 15 is 0 Å². The summed E-state index contributed by atoms with van der Waals surface area (Å²) in [5.74, 6) is 0.205. The number of piperidine rings is 3. The maximum absolute atomic E-state index is 13.0. The SMILES string of the molecule is O[C@H]1/C(=C/c2ccccc2C(F)(F)F)[NH+]2CCC1CC2. The standard InChI is InChI=1S/C15H16F3NO/c16-15(17,18)12-4-2-1-3-11(12)9-13-14(20)10-5-7-19(13)8-6-10/h1-4,9-10,14,20H,5-8H2/p+1/b13-9-/t14-/m1/s1. The van der Waals surface area contributed by atoms with E-state index in [1.54, 1.807) is 6.07 Å². The van der Waals surface area contributed by atoms with E-state index in [-0.39, 0.29) is 11.5 Å². The molecule has 0 saturated carbocycles. The summed E-state index contributed by atoms with van der Waals surface area (Å²) in [5, 5.41) is 10.2. The number of hydrogen-bond donors (Lipinski definition) is 2. The lowest BCUT2D eigenvalue weighted by molar-refractivity contribution is -0.880. The van der Waals surface area contributed by atoms with Crippen LogP contribution in [0, 0.1) is 5.92 Å². The number of aliphatic hydroxyl groups excluding tert-OH is 1. The Morgan fingerprint density at radius 1 is 1.15 bits per heavy atom. The van der Waals surface area contributed by atoms with Crippen LogP contribution in [0.1, 0.15) is 24.0 Å². The molecule has 2 N–H and O–H groups in total. The van der Waals surface area contributed by atoms with Crippen LogP contribution in [0.25, 0.3) is 6.08 Å². The monoisotopic (exact) mass is 284 g/mol. The number of hydrogen-bond acceptors (Lipinski definition) is 1. The summed E-state index contributed by atoms with van der Waals surface area (Å²) in [7, 11) is 0. The number of halogens is 3. The van der Waals surface area contributed by atoms with Crippen molar-refractivity contribution in [1.82, 2.24) is 0 Å². The van der Waals surface area contributed by atoms with Crippen LogP contribution >= 0.6 is 0 Å². The Labute approximate surface area is 115 Å². The van der Waals surface area contributed by atoms with Crippen LogP contribution in [0.15, 0.2) is 30.0 Å². The van der Waals surface area contributed by atoms with Crippen molar-refractivity contribution in [1.29, 1.82) is 0 Å². The molecule has 3 saturated heterocycles. The first-order chi connectivity index (χ1) is 9.47. The third-order valence-corrected chi connectivity index (χ3v) is 4.38. The highest BCUT2D eigenvalue weighted by molar-refractivity contribution is 5.57. The van der Waals surface area contributed by atoms with E-state index in [9.17, 15) is 18.3 Å². The fraction of sp³-hybridized carbons (Fsp3) is 0.467. The van der Waals surface area contributed by atoms with Gasteiger partial charge < -0.3 is 10.0 Å². The van der Waals surface area contributed by atoms with E-state index in [2.05, 4.69) is 0 Å². The minimum absolute atomic E-state index is 0.147. The van der Waals surface area contributed by atoms with Crippen molar-refractivity contribution in [3.63, 3.8) is 0 Å². The number of benzene rings is 1. The molecular formula is C15H17F3NO+. The lowest BCUT2D eigenvalue weighted by atomic mass is 9.83. The van der Waals surface area contributed by atoms with Crippen LogP contribution in [-0.2, 0) is 6.18 Å². The summed E-state index contributed by atoms with van der Waals surface area (Å²) in [6.45, 7) is 1.81. The predicted molar refractivity (Wildman–Crippen MR) is 68.8 cm³/mol. The van der Waals surface area contributed by atoms with Gasteiger partial charge in [-0.3, -0.25) is 0 Å². The second kappa shape index (κ2) is 4.90. The Morgan fingerprint density at radius 2 is 1.80 bits per heavy atom. The minimum Gasteiger partial charge on any atom is -0.383 e. The first-order valence-electron chi connectivity index (χ1n) is 6.88. The lowest BCUT2D eigenvalue weighted by Crippen LogP contribution is -3.14. The molecule has 0 amide bonds. The Balaban J connectivity index is 2.00. The van der Waals surface area contributed by atoms with Gasteiger partial charge in [0.05, 0.1) is 18.7 Å². The van der Waals surface area contributed by atoms with Gasteiger partial charge in [-0.1, -0.05) is 18.2 Å². The molecule has 2 nitrogen and oxygen atoms in total. The molecule has 5 heteroatoms. The summed E-state index contributed by atoms with van der Waals surface area (Å²) < 4.78 is 39.0. The Morgan fingerprint density at radius 3 is 2.40 bits per heavy atom. The molecule has 3 fully saturated rings. The van der Waals surface area contributed by atoms with Gasteiger partial charge in [-0.2, -0.15) is 13.2 Å². The second-order valence-electron chi connectivity index (χ2n) is 5.57. The van der Waals surface area contributed by atoms with Crippen LogP contribution in [0.3, 0.4) is 0 Å². The molecule has 0 radical (unpaired) electrons. The van der Waals surface area contributed by atoms with Crippen molar-refractivity contribution in [3.8, 4) is 0 Å².